The minimum absolute atomic E-state index is 0.430. The Bertz CT molecular complexity index is 97.9. The number of carbonyl (C=O) groups excluding carboxylic acids is 1. The molecule has 0 atom stereocenters. The Kier molecular flexibility index (Phi) is 3.92. The molecule has 0 aromatic heterocycles. The summed E-state index contributed by atoms with van der Waals surface area (Å²) in [5.74, 6) is -0.430. The van der Waals surface area contributed by atoms with Crippen LogP contribution >= 0.6 is 56.8 Å². The zero-order valence-corrected chi connectivity index (χ0v) is 9.02. The van der Waals surface area contributed by atoms with Crippen molar-refractivity contribution in [3.8, 4) is 0 Å². The summed E-state index contributed by atoms with van der Waals surface area (Å²) >= 11 is 9.04. The number of rotatable bonds is 1. The maximum atomic E-state index is 10.5. The SMILES string of the molecule is COC(=O)C(Cl)(I)I. The van der Waals surface area contributed by atoms with Gasteiger partial charge in [0.15, 0.2) is 0 Å². The Morgan fingerprint density at radius 3 is 2.12 bits per heavy atom. The molecule has 5 heteroatoms. The lowest BCUT2D eigenvalue weighted by Crippen LogP contribution is -2.18. The molecule has 0 aromatic rings. The topological polar surface area (TPSA) is 26.3 Å². The fourth-order valence-electron chi connectivity index (χ4n) is 0.116. The van der Waals surface area contributed by atoms with Gasteiger partial charge in [-0.15, -0.1) is 0 Å². The molecule has 0 fully saturated rings. The predicted octanol–water partition coefficient (Wildman–Crippen LogP) is 1.92. The summed E-state index contributed by atoms with van der Waals surface area (Å²) in [4.78, 5) is 10.5. The van der Waals surface area contributed by atoms with Crippen LogP contribution in [0.1, 0.15) is 0 Å². The molecule has 0 aliphatic rings. The Labute approximate surface area is 79.6 Å². The third-order valence-electron chi connectivity index (χ3n) is 0.417. The van der Waals surface area contributed by atoms with Gasteiger partial charge in [-0.2, -0.15) is 0 Å². The van der Waals surface area contributed by atoms with Gasteiger partial charge in [0.25, 0.3) is 0 Å². The standard InChI is InChI=1S/C3H3ClI2O2/c1-8-2(7)3(4,5)6/h1H3. The van der Waals surface area contributed by atoms with E-state index in [-0.39, 0.29) is 0 Å². The predicted molar refractivity (Wildman–Crippen MR) is 48.6 cm³/mol. The Hall–Kier alpha value is 1.22. The van der Waals surface area contributed by atoms with Gasteiger partial charge in [-0.25, -0.2) is 4.79 Å². The minimum atomic E-state index is -0.940. The number of esters is 1. The normalized spacial score (nSPS) is 11.0. The first-order chi connectivity index (χ1) is 3.48. The summed E-state index contributed by atoms with van der Waals surface area (Å²) in [7, 11) is 1.30. The lowest BCUT2D eigenvalue weighted by atomic mass is 10.8. The average Bonchev–Trinajstić information content (AvgIpc) is 1.62. The van der Waals surface area contributed by atoms with E-state index in [0.717, 1.165) is 0 Å². The summed E-state index contributed by atoms with van der Waals surface area (Å²) in [6.07, 6.45) is 0. The monoisotopic (exact) mass is 360 g/mol. The number of methoxy groups -OCH3 is 1. The smallest absolute Gasteiger partial charge is 0.347 e. The number of halogens is 3. The first-order valence-electron chi connectivity index (χ1n) is 1.63. The lowest BCUT2D eigenvalue weighted by Gasteiger charge is -2.06. The molecule has 0 aromatic carbocycles. The largest absolute Gasteiger partial charge is 0.467 e. The summed E-state index contributed by atoms with van der Waals surface area (Å²) in [6, 6.07) is 0. The molecule has 0 heterocycles. The fourth-order valence-corrected chi connectivity index (χ4v) is 0.633. The molecular weight excluding hydrogens is 357 g/mol. The van der Waals surface area contributed by atoms with Gasteiger partial charge in [-0.1, -0.05) is 11.6 Å². The third-order valence-corrected chi connectivity index (χ3v) is 1.45. The van der Waals surface area contributed by atoms with Crippen LogP contribution in [0.3, 0.4) is 0 Å². The van der Waals surface area contributed by atoms with Gasteiger partial charge in [0.05, 0.1) is 7.11 Å². The van der Waals surface area contributed by atoms with Crippen LogP contribution in [-0.4, -0.2) is 14.0 Å². The van der Waals surface area contributed by atoms with Crippen LogP contribution in [0, 0.1) is 0 Å². The second kappa shape index (κ2) is 3.40. The summed E-state index contributed by atoms with van der Waals surface area (Å²) in [6.45, 7) is 0. The number of ether oxygens (including phenoxy) is 1. The highest BCUT2D eigenvalue weighted by atomic mass is 127. The average molecular weight is 360 g/mol. The zero-order chi connectivity index (χ0) is 6.78. The number of carbonyl (C=O) groups is 1. The molecule has 0 N–H and O–H groups in total. The van der Waals surface area contributed by atoms with Crippen LogP contribution in [0.2, 0.25) is 0 Å². The Morgan fingerprint density at radius 1 is 1.75 bits per heavy atom. The van der Waals surface area contributed by atoms with Gasteiger partial charge in [0.2, 0.25) is 0.888 Å². The molecular formula is C3H3ClI2O2. The van der Waals surface area contributed by atoms with Gasteiger partial charge in [0, 0.05) is 0 Å². The van der Waals surface area contributed by atoms with E-state index in [1.807, 2.05) is 0 Å². The molecule has 0 bridgehead atoms. The van der Waals surface area contributed by atoms with Crippen molar-refractivity contribution in [3.63, 3.8) is 0 Å². The van der Waals surface area contributed by atoms with Crippen molar-refractivity contribution in [2.24, 2.45) is 0 Å². The highest BCUT2D eigenvalue weighted by Gasteiger charge is 2.29. The molecule has 0 amide bonds. The van der Waals surface area contributed by atoms with Crippen LogP contribution in [0.25, 0.3) is 0 Å². The highest BCUT2D eigenvalue weighted by Crippen LogP contribution is 2.33. The molecule has 8 heavy (non-hydrogen) atoms. The molecule has 0 aliphatic heterocycles. The molecule has 0 rings (SSSR count). The Balaban J connectivity index is 3.82. The van der Waals surface area contributed by atoms with Crippen molar-refractivity contribution in [3.05, 3.63) is 0 Å². The molecule has 48 valence electrons. The third kappa shape index (κ3) is 3.29. The maximum Gasteiger partial charge on any atom is 0.347 e. The van der Waals surface area contributed by atoms with Crippen LogP contribution in [0.5, 0.6) is 0 Å². The van der Waals surface area contributed by atoms with E-state index in [0.29, 0.717) is 0 Å². The van der Waals surface area contributed by atoms with Crippen molar-refractivity contribution in [1.29, 1.82) is 0 Å². The van der Waals surface area contributed by atoms with Gasteiger partial charge in [-0.3, -0.25) is 0 Å². The molecule has 0 saturated carbocycles. The van der Waals surface area contributed by atoms with Crippen LogP contribution < -0.4 is 0 Å². The molecule has 0 aliphatic carbocycles. The van der Waals surface area contributed by atoms with Gasteiger partial charge in [0.1, 0.15) is 0 Å². The van der Waals surface area contributed by atoms with Crippen molar-refractivity contribution in [2.45, 2.75) is 0.888 Å². The van der Waals surface area contributed by atoms with E-state index in [1.54, 1.807) is 45.2 Å². The van der Waals surface area contributed by atoms with Crippen molar-refractivity contribution in [2.75, 3.05) is 7.11 Å². The fraction of sp³-hybridized carbons (Fsp3) is 0.667. The molecule has 0 unspecified atom stereocenters. The van der Waals surface area contributed by atoms with Crippen LogP contribution in [0.15, 0.2) is 0 Å². The van der Waals surface area contributed by atoms with E-state index in [9.17, 15) is 4.79 Å². The summed E-state index contributed by atoms with van der Waals surface area (Å²) < 4.78 is 3.39. The summed E-state index contributed by atoms with van der Waals surface area (Å²) in [5.41, 5.74) is 0. The number of hydrogen-bond donors (Lipinski definition) is 0. The van der Waals surface area contributed by atoms with Gasteiger partial charge >= 0.3 is 5.97 Å². The zero-order valence-electron chi connectivity index (χ0n) is 3.95. The van der Waals surface area contributed by atoms with E-state index < -0.39 is 6.86 Å². The minimum Gasteiger partial charge on any atom is -0.467 e. The number of alkyl halides is 3. The second-order valence-electron chi connectivity index (χ2n) is 0.989. The van der Waals surface area contributed by atoms with E-state index >= 15 is 0 Å². The highest BCUT2D eigenvalue weighted by molar-refractivity contribution is 14.2. The maximum absolute atomic E-state index is 10.5. The lowest BCUT2D eigenvalue weighted by molar-refractivity contribution is -0.138. The molecule has 0 spiro atoms. The molecule has 2 nitrogen and oxygen atoms in total. The van der Waals surface area contributed by atoms with Gasteiger partial charge in [-0.05, 0) is 45.2 Å². The van der Waals surface area contributed by atoms with Crippen molar-refractivity contribution < 1.29 is 9.53 Å². The van der Waals surface area contributed by atoms with Crippen LogP contribution in [-0.2, 0) is 9.53 Å². The van der Waals surface area contributed by atoms with Crippen molar-refractivity contribution in [1.82, 2.24) is 0 Å². The van der Waals surface area contributed by atoms with E-state index in [1.165, 1.54) is 7.11 Å². The number of hydrogen-bond acceptors (Lipinski definition) is 2. The first-order valence-corrected chi connectivity index (χ1v) is 4.17. The quantitative estimate of drug-likeness (QED) is 0.406. The van der Waals surface area contributed by atoms with E-state index in [4.69, 9.17) is 11.6 Å². The Morgan fingerprint density at radius 2 is 2.12 bits per heavy atom. The van der Waals surface area contributed by atoms with Crippen LogP contribution in [0.4, 0.5) is 0 Å². The van der Waals surface area contributed by atoms with Gasteiger partial charge < -0.3 is 4.74 Å². The molecule has 0 saturated heterocycles. The first kappa shape index (κ1) is 9.22. The van der Waals surface area contributed by atoms with Crippen molar-refractivity contribution >= 4 is 62.8 Å². The summed E-state index contributed by atoms with van der Waals surface area (Å²) in [5, 5.41) is 0. The molecule has 0 radical (unpaired) electrons. The van der Waals surface area contributed by atoms with E-state index in [2.05, 4.69) is 4.74 Å². The second-order valence-corrected chi connectivity index (χ2v) is 8.13.